The van der Waals surface area contributed by atoms with Gasteiger partial charge in [-0.3, -0.25) is 9.79 Å². The van der Waals surface area contributed by atoms with Crippen molar-refractivity contribution in [3.05, 3.63) is 29.8 Å². The zero-order valence-electron chi connectivity index (χ0n) is 9.57. The molecule has 16 heavy (non-hydrogen) atoms. The van der Waals surface area contributed by atoms with Gasteiger partial charge in [-0.25, -0.2) is 0 Å². The fourth-order valence-corrected chi connectivity index (χ4v) is 1.64. The first-order chi connectivity index (χ1) is 7.52. The molecule has 1 N–H and O–H groups in total. The summed E-state index contributed by atoms with van der Waals surface area (Å²) < 4.78 is 5.06. The smallest absolute Gasteiger partial charge is 0.271 e. The summed E-state index contributed by atoms with van der Waals surface area (Å²) in [6.45, 7) is 3.73. The highest BCUT2D eigenvalue weighted by Crippen LogP contribution is 2.18. The Morgan fingerprint density at radius 3 is 2.31 bits per heavy atom. The van der Waals surface area contributed by atoms with Crippen molar-refractivity contribution in [2.45, 2.75) is 19.5 Å². The van der Waals surface area contributed by atoms with Gasteiger partial charge in [0.1, 0.15) is 17.1 Å². The third kappa shape index (κ3) is 1.91. The fraction of sp³-hybridized carbons (Fsp3) is 0.333. The number of ether oxygens (including phenoxy) is 1. The van der Waals surface area contributed by atoms with Gasteiger partial charge in [-0.05, 0) is 38.1 Å². The number of hydrogen-bond acceptors (Lipinski definition) is 3. The van der Waals surface area contributed by atoms with Crippen LogP contribution in [0.1, 0.15) is 19.4 Å². The maximum Gasteiger partial charge on any atom is 0.271 e. The highest BCUT2D eigenvalue weighted by Gasteiger charge is 2.31. The lowest BCUT2D eigenvalue weighted by molar-refractivity contribution is -0.115. The standard InChI is InChI=1S/C12H14N2O2/c1-12(2)13-10(11(15)14-12)8-4-6-9(16-3)7-5-8/h4-7H,1-3H3,(H,14,15). The Labute approximate surface area is 94.3 Å². The molecular formula is C12H14N2O2. The lowest BCUT2D eigenvalue weighted by atomic mass is 10.1. The molecule has 1 amide bonds. The number of aliphatic imine (C=N–C) groups is 1. The molecule has 1 aromatic rings. The number of carbonyl (C=O) groups excluding carboxylic acids is 1. The summed E-state index contributed by atoms with van der Waals surface area (Å²) in [6.07, 6.45) is 0. The van der Waals surface area contributed by atoms with Crippen molar-refractivity contribution in [1.82, 2.24) is 5.32 Å². The summed E-state index contributed by atoms with van der Waals surface area (Å²) in [5.41, 5.74) is 0.781. The van der Waals surface area contributed by atoms with E-state index in [4.69, 9.17) is 4.74 Å². The second kappa shape index (κ2) is 3.63. The van der Waals surface area contributed by atoms with Gasteiger partial charge >= 0.3 is 0 Å². The Hall–Kier alpha value is -1.84. The second-order valence-electron chi connectivity index (χ2n) is 4.20. The van der Waals surface area contributed by atoms with Crippen LogP contribution in [0.3, 0.4) is 0 Å². The van der Waals surface area contributed by atoms with Gasteiger partial charge < -0.3 is 10.1 Å². The van der Waals surface area contributed by atoms with Crippen molar-refractivity contribution in [2.24, 2.45) is 4.99 Å². The minimum Gasteiger partial charge on any atom is -0.497 e. The van der Waals surface area contributed by atoms with Crippen LogP contribution in [0, 0.1) is 0 Å². The molecule has 0 aromatic heterocycles. The third-order valence-corrected chi connectivity index (χ3v) is 2.39. The molecule has 4 nitrogen and oxygen atoms in total. The molecule has 0 saturated carbocycles. The van der Waals surface area contributed by atoms with Crippen LogP contribution in [-0.4, -0.2) is 24.4 Å². The number of benzene rings is 1. The average Bonchev–Trinajstić information content (AvgIpc) is 2.52. The van der Waals surface area contributed by atoms with Crippen LogP contribution in [0.4, 0.5) is 0 Å². The molecule has 1 aliphatic heterocycles. The number of hydrogen-bond donors (Lipinski definition) is 1. The van der Waals surface area contributed by atoms with E-state index in [1.165, 1.54) is 0 Å². The summed E-state index contributed by atoms with van der Waals surface area (Å²) in [6, 6.07) is 7.30. The Morgan fingerprint density at radius 2 is 1.88 bits per heavy atom. The van der Waals surface area contributed by atoms with Crippen molar-refractivity contribution in [2.75, 3.05) is 7.11 Å². The van der Waals surface area contributed by atoms with Crippen LogP contribution in [0.5, 0.6) is 5.75 Å². The minimum absolute atomic E-state index is 0.129. The van der Waals surface area contributed by atoms with Gasteiger partial charge in [-0.1, -0.05) is 0 Å². The summed E-state index contributed by atoms with van der Waals surface area (Å²) in [7, 11) is 1.61. The maximum absolute atomic E-state index is 11.7. The molecule has 0 unspecified atom stereocenters. The van der Waals surface area contributed by atoms with Crippen LogP contribution in [-0.2, 0) is 4.79 Å². The first-order valence-electron chi connectivity index (χ1n) is 5.09. The van der Waals surface area contributed by atoms with Crippen LogP contribution in [0.15, 0.2) is 29.3 Å². The van der Waals surface area contributed by atoms with E-state index in [2.05, 4.69) is 10.3 Å². The monoisotopic (exact) mass is 218 g/mol. The van der Waals surface area contributed by atoms with Gasteiger partial charge in [-0.15, -0.1) is 0 Å². The Morgan fingerprint density at radius 1 is 1.25 bits per heavy atom. The van der Waals surface area contributed by atoms with E-state index >= 15 is 0 Å². The lowest BCUT2D eigenvalue weighted by Gasteiger charge is -2.12. The second-order valence-corrected chi connectivity index (χ2v) is 4.20. The van der Waals surface area contributed by atoms with Crippen LogP contribution < -0.4 is 10.1 Å². The van der Waals surface area contributed by atoms with Gasteiger partial charge in [0.2, 0.25) is 0 Å². The molecule has 0 fully saturated rings. The van der Waals surface area contributed by atoms with Crippen molar-refractivity contribution >= 4 is 11.6 Å². The highest BCUT2D eigenvalue weighted by molar-refractivity contribution is 6.46. The molecular weight excluding hydrogens is 204 g/mol. The lowest BCUT2D eigenvalue weighted by Crippen LogP contribution is -2.36. The average molecular weight is 218 g/mol. The number of nitrogens with one attached hydrogen (secondary N) is 1. The molecule has 1 heterocycles. The van der Waals surface area contributed by atoms with Gasteiger partial charge in [0, 0.05) is 5.56 Å². The number of carbonyl (C=O) groups is 1. The molecule has 0 saturated heterocycles. The van der Waals surface area contributed by atoms with Gasteiger partial charge in [0.25, 0.3) is 5.91 Å². The van der Waals surface area contributed by atoms with E-state index in [0.29, 0.717) is 5.71 Å². The van der Waals surface area contributed by atoms with E-state index in [0.717, 1.165) is 11.3 Å². The van der Waals surface area contributed by atoms with E-state index in [1.54, 1.807) is 7.11 Å². The SMILES string of the molecule is COc1ccc(C2=NC(C)(C)NC2=O)cc1. The molecule has 0 bridgehead atoms. The number of amides is 1. The number of rotatable bonds is 2. The zero-order chi connectivity index (χ0) is 11.8. The van der Waals surface area contributed by atoms with Crippen LogP contribution in [0.25, 0.3) is 0 Å². The Bertz CT molecular complexity index is 447. The van der Waals surface area contributed by atoms with Crippen molar-refractivity contribution in [3.63, 3.8) is 0 Å². The van der Waals surface area contributed by atoms with Crippen LogP contribution >= 0.6 is 0 Å². The fourth-order valence-electron chi connectivity index (χ4n) is 1.64. The quantitative estimate of drug-likeness (QED) is 0.814. The summed E-state index contributed by atoms with van der Waals surface area (Å²) >= 11 is 0. The largest absolute Gasteiger partial charge is 0.497 e. The maximum atomic E-state index is 11.7. The van der Waals surface area contributed by atoms with E-state index < -0.39 is 5.66 Å². The molecule has 2 rings (SSSR count). The Kier molecular flexibility index (Phi) is 2.42. The summed E-state index contributed by atoms with van der Waals surface area (Å²) in [5, 5.41) is 2.80. The van der Waals surface area contributed by atoms with E-state index in [1.807, 2.05) is 38.1 Å². The van der Waals surface area contributed by atoms with E-state index in [9.17, 15) is 4.79 Å². The first kappa shape index (κ1) is 10.7. The first-order valence-corrected chi connectivity index (χ1v) is 5.09. The normalized spacial score (nSPS) is 17.9. The summed E-state index contributed by atoms with van der Waals surface area (Å²) in [4.78, 5) is 16.0. The molecule has 0 aliphatic carbocycles. The van der Waals surface area contributed by atoms with Crippen molar-refractivity contribution < 1.29 is 9.53 Å². The molecule has 4 heteroatoms. The third-order valence-electron chi connectivity index (χ3n) is 2.39. The van der Waals surface area contributed by atoms with Gasteiger partial charge in [-0.2, -0.15) is 0 Å². The van der Waals surface area contributed by atoms with E-state index in [-0.39, 0.29) is 5.91 Å². The molecule has 0 atom stereocenters. The molecule has 1 aliphatic rings. The highest BCUT2D eigenvalue weighted by atomic mass is 16.5. The van der Waals surface area contributed by atoms with Crippen LogP contribution in [0.2, 0.25) is 0 Å². The van der Waals surface area contributed by atoms with Crippen molar-refractivity contribution in [3.8, 4) is 5.75 Å². The predicted molar refractivity (Wildman–Crippen MR) is 61.8 cm³/mol. The number of methoxy groups -OCH3 is 1. The zero-order valence-corrected chi connectivity index (χ0v) is 9.57. The van der Waals surface area contributed by atoms with Gasteiger partial charge in [0.05, 0.1) is 7.11 Å². The van der Waals surface area contributed by atoms with Gasteiger partial charge in [0.15, 0.2) is 0 Å². The molecule has 0 radical (unpaired) electrons. The molecule has 1 aromatic carbocycles. The molecule has 84 valence electrons. The minimum atomic E-state index is -0.508. The molecule has 0 spiro atoms. The topological polar surface area (TPSA) is 50.7 Å². The number of nitrogens with zero attached hydrogens (tertiary/aromatic N) is 1. The predicted octanol–water partition coefficient (Wildman–Crippen LogP) is 1.35. The van der Waals surface area contributed by atoms with Crippen molar-refractivity contribution in [1.29, 1.82) is 0 Å². The Balaban J connectivity index is 2.34. The summed E-state index contributed by atoms with van der Waals surface area (Å²) in [5.74, 6) is 0.636.